The number of carboxylic acids is 1. The second-order valence-corrected chi connectivity index (χ2v) is 9.83. The lowest BCUT2D eigenvalue weighted by atomic mass is 9.79. The molecule has 4 rings (SSSR count). The van der Waals surface area contributed by atoms with Crippen LogP contribution in [0.2, 0.25) is 0 Å². The summed E-state index contributed by atoms with van der Waals surface area (Å²) in [6.07, 6.45) is 2.73. The van der Waals surface area contributed by atoms with Gasteiger partial charge in [-0.25, -0.2) is 0 Å². The van der Waals surface area contributed by atoms with Gasteiger partial charge in [0.15, 0.2) is 0 Å². The lowest BCUT2D eigenvalue weighted by Gasteiger charge is -2.40. The molecule has 0 spiro atoms. The van der Waals surface area contributed by atoms with Crippen molar-refractivity contribution in [3.8, 4) is 0 Å². The van der Waals surface area contributed by atoms with Crippen molar-refractivity contribution in [1.29, 1.82) is 0 Å². The van der Waals surface area contributed by atoms with Crippen LogP contribution in [0.1, 0.15) is 42.6 Å². The van der Waals surface area contributed by atoms with Crippen molar-refractivity contribution in [2.45, 2.75) is 45.2 Å². The minimum Gasteiger partial charge on any atom is -0.481 e. The first kappa shape index (κ1) is 24.6. The van der Waals surface area contributed by atoms with Crippen molar-refractivity contribution in [2.75, 3.05) is 26.7 Å². The number of benzene rings is 1. The van der Waals surface area contributed by atoms with Gasteiger partial charge >= 0.3 is 5.97 Å². The molecule has 0 saturated carbocycles. The number of aromatic nitrogens is 1. The van der Waals surface area contributed by atoms with E-state index in [0.717, 1.165) is 27.6 Å². The predicted octanol–water partition coefficient (Wildman–Crippen LogP) is 2.97. The molecule has 2 heterocycles. The zero-order valence-corrected chi connectivity index (χ0v) is 21.3. The van der Waals surface area contributed by atoms with Gasteiger partial charge in [0.1, 0.15) is 0 Å². The maximum absolute atomic E-state index is 13.3. The molecule has 0 bridgehead atoms. The lowest BCUT2D eigenvalue weighted by Crippen LogP contribution is -2.47. The van der Waals surface area contributed by atoms with Crippen molar-refractivity contribution in [2.24, 2.45) is 11.7 Å². The Morgan fingerprint density at radius 3 is 2.62 bits per heavy atom. The zero-order chi connectivity index (χ0) is 24.7. The molecule has 2 aromatic rings. The first-order chi connectivity index (χ1) is 16.2. The molecular weight excluding hydrogens is 500 g/mol. The van der Waals surface area contributed by atoms with Gasteiger partial charge < -0.3 is 15.7 Å². The van der Waals surface area contributed by atoms with Crippen molar-refractivity contribution in [3.63, 3.8) is 0 Å². The number of hydrogen-bond donors (Lipinski definition) is 2. The highest BCUT2D eigenvalue weighted by molar-refractivity contribution is 9.10. The number of likely N-dealkylation sites (N-methyl/N-ethyl adjacent to an activating group) is 1. The van der Waals surface area contributed by atoms with Gasteiger partial charge in [-0.05, 0) is 72.4 Å². The summed E-state index contributed by atoms with van der Waals surface area (Å²) < 4.78 is 2.25. The van der Waals surface area contributed by atoms with Crippen LogP contribution >= 0.6 is 15.9 Å². The summed E-state index contributed by atoms with van der Waals surface area (Å²) in [5, 5.41) is 9.96. The zero-order valence-electron chi connectivity index (χ0n) is 19.8. The highest BCUT2D eigenvalue weighted by atomic mass is 79.9. The Bertz CT molecular complexity index is 1180. The van der Waals surface area contributed by atoms with Gasteiger partial charge in [0, 0.05) is 37.5 Å². The fourth-order valence-electron chi connectivity index (χ4n) is 5.30. The molecule has 3 atom stereocenters. The molecule has 1 aromatic heterocycles. The largest absolute Gasteiger partial charge is 0.481 e. The topological polar surface area (TPSA) is 109 Å². The second-order valence-electron chi connectivity index (χ2n) is 9.08. The molecule has 0 unspecified atom stereocenters. The van der Waals surface area contributed by atoms with Crippen molar-refractivity contribution >= 4 is 50.2 Å². The summed E-state index contributed by atoms with van der Waals surface area (Å²) in [5.41, 5.74) is 10.0. The van der Waals surface area contributed by atoms with Gasteiger partial charge in [-0.1, -0.05) is 18.2 Å². The fraction of sp³-hybridized carbons (Fsp3) is 0.480. The van der Waals surface area contributed by atoms with Crippen LogP contribution < -0.4 is 5.73 Å². The predicted molar refractivity (Wildman–Crippen MR) is 135 cm³/mol. The molecule has 34 heavy (non-hydrogen) atoms. The normalized spacial score (nSPS) is 20.6. The van der Waals surface area contributed by atoms with E-state index < -0.39 is 12.0 Å². The number of aliphatic carboxylic acids is 1. The maximum atomic E-state index is 13.3. The molecule has 2 aliphatic rings. The van der Waals surface area contributed by atoms with Crippen LogP contribution in [0, 0.1) is 5.92 Å². The number of halogens is 1. The van der Waals surface area contributed by atoms with Crippen LogP contribution in [0.5, 0.6) is 0 Å². The molecule has 182 valence electrons. The summed E-state index contributed by atoms with van der Waals surface area (Å²) >= 11 is 3.65. The fourth-order valence-corrected chi connectivity index (χ4v) is 6.03. The highest BCUT2D eigenvalue weighted by Gasteiger charge is 2.38. The molecule has 0 saturated heterocycles. The smallest absolute Gasteiger partial charge is 0.303 e. The Hall–Kier alpha value is -2.49. The average Bonchev–Trinajstić information content (AvgIpc) is 3.10. The molecule has 1 aromatic carbocycles. The van der Waals surface area contributed by atoms with Crippen LogP contribution in [-0.4, -0.2) is 76.0 Å². The minimum atomic E-state index is -0.978. The average molecular weight is 531 g/mol. The Labute approximate surface area is 207 Å². The van der Waals surface area contributed by atoms with E-state index in [1.165, 1.54) is 0 Å². The Morgan fingerprint density at radius 1 is 1.26 bits per heavy atom. The van der Waals surface area contributed by atoms with Gasteiger partial charge in [-0.15, -0.1) is 0 Å². The SMILES string of the molecule is CCN(CC)C(=O)[C@@H]1C=C2c3cccc4c3c(c(Br)n4C(=O)[C@@H](N)CCC(=O)O)C[C@H]2N(C)C1. The summed E-state index contributed by atoms with van der Waals surface area (Å²) in [4.78, 5) is 41.5. The van der Waals surface area contributed by atoms with Gasteiger partial charge in [0.05, 0.1) is 22.1 Å². The van der Waals surface area contributed by atoms with E-state index >= 15 is 0 Å². The first-order valence-electron chi connectivity index (χ1n) is 11.7. The molecule has 9 heteroatoms. The number of nitrogens with two attached hydrogens (primary N) is 1. The van der Waals surface area contributed by atoms with E-state index in [2.05, 4.69) is 26.9 Å². The van der Waals surface area contributed by atoms with E-state index in [-0.39, 0.29) is 36.6 Å². The van der Waals surface area contributed by atoms with E-state index in [9.17, 15) is 14.4 Å². The molecule has 1 aliphatic heterocycles. The Kier molecular flexibility index (Phi) is 6.98. The molecule has 8 nitrogen and oxygen atoms in total. The van der Waals surface area contributed by atoms with E-state index in [4.69, 9.17) is 10.8 Å². The highest BCUT2D eigenvalue weighted by Crippen LogP contribution is 2.45. The number of hydrogen-bond acceptors (Lipinski definition) is 5. The van der Waals surface area contributed by atoms with Crippen LogP contribution in [0.15, 0.2) is 28.9 Å². The van der Waals surface area contributed by atoms with Gasteiger partial charge in [-0.2, -0.15) is 0 Å². The number of carboxylic acid groups (broad SMARTS) is 1. The third-order valence-electron chi connectivity index (χ3n) is 7.09. The first-order valence-corrected chi connectivity index (χ1v) is 12.5. The summed E-state index contributed by atoms with van der Waals surface area (Å²) in [6.45, 7) is 6.00. The quantitative estimate of drug-likeness (QED) is 0.569. The third-order valence-corrected chi connectivity index (χ3v) is 7.93. The molecule has 0 radical (unpaired) electrons. The number of rotatable bonds is 7. The Morgan fingerprint density at radius 2 is 1.97 bits per heavy atom. The number of amides is 1. The summed E-state index contributed by atoms with van der Waals surface area (Å²) in [6, 6.07) is 5.04. The third kappa shape index (κ3) is 4.10. The van der Waals surface area contributed by atoms with Crippen LogP contribution in [0.3, 0.4) is 0 Å². The minimum absolute atomic E-state index is 0.0704. The van der Waals surface area contributed by atoms with E-state index in [0.29, 0.717) is 30.7 Å². The van der Waals surface area contributed by atoms with Crippen molar-refractivity contribution in [1.82, 2.24) is 14.4 Å². The summed E-state index contributed by atoms with van der Waals surface area (Å²) in [5.74, 6) is -1.39. The Balaban J connectivity index is 1.80. The molecular formula is C25H31BrN4O4. The van der Waals surface area contributed by atoms with Gasteiger partial charge in [0.25, 0.3) is 0 Å². The second kappa shape index (κ2) is 9.64. The molecule has 1 aliphatic carbocycles. The number of carbonyl (C=O) groups excluding carboxylic acids is 2. The monoisotopic (exact) mass is 530 g/mol. The number of nitrogens with zero attached hydrogens (tertiary/aromatic N) is 3. The molecule has 0 fully saturated rings. The molecule has 1 amide bonds. The van der Waals surface area contributed by atoms with Crippen molar-refractivity contribution in [3.05, 3.63) is 40.0 Å². The lowest BCUT2D eigenvalue weighted by molar-refractivity contribution is -0.137. The number of carbonyl (C=O) groups is 3. The van der Waals surface area contributed by atoms with E-state index in [1.54, 1.807) is 4.57 Å². The van der Waals surface area contributed by atoms with Crippen LogP contribution in [0.4, 0.5) is 0 Å². The van der Waals surface area contributed by atoms with Crippen molar-refractivity contribution < 1.29 is 19.5 Å². The van der Waals surface area contributed by atoms with Gasteiger partial charge in [0.2, 0.25) is 11.8 Å². The van der Waals surface area contributed by atoms with Gasteiger partial charge in [-0.3, -0.25) is 23.9 Å². The number of fused-ring (bicyclic) bond motifs is 2. The van der Waals surface area contributed by atoms with Crippen LogP contribution in [0.25, 0.3) is 16.5 Å². The maximum Gasteiger partial charge on any atom is 0.303 e. The van der Waals surface area contributed by atoms with Crippen LogP contribution in [-0.2, 0) is 16.0 Å². The van der Waals surface area contributed by atoms with E-state index in [1.807, 2.05) is 44.0 Å². The summed E-state index contributed by atoms with van der Waals surface area (Å²) in [7, 11) is 2.04. The standard InChI is InChI=1S/C25H31BrN4O4/c1-4-29(5-2)24(33)14-11-16-15-7-6-8-19-22(15)17(12-20(16)28(3)13-14)23(26)30(19)25(34)18(27)9-10-21(31)32/h6-8,11,14,18,20H,4-5,9-10,12-13,27H2,1-3H3,(H,31,32)/t14-,18+,20-/m1/s1. The molecule has 3 N–H and O–H groups in total.